The molecular formula is C5H13NO3. The summed E-state index contributed by atoms with van der Waals surface area (Å²) in [6, 6.07) is 0. The van der Waals surface area contributed by atoms with Crippen LogP contribution in [0.3, 0.4) is 0 Å². The third-order valence-corrected chi connectivity index (χ3v) is 1.34. The van der Waals surface area contributed by atoms with Crippen molar-refractivity contribution in [3.05, 3.63) is 0 Å². The Bertz CT molecular complexity index is 80.3. The molecule has 4 nitrogen and oxygen atoms in total. The zero-order valence-corrected chi connectivity index (χ0v) is 5.70. The van der Waals surface area contributed by atoms with Crippen LogP contribution in [0.4, 0.5) is 0 Å². The molecule has 9 heavy (non-hydrogen) atoms. The van der Waals surface area contributed by atoms with Crippen LogP contribution in [0.15, 0.2) is 0 Å². The lowest BCUT2D eigenvalue weighted by Gasteiger charge is -2.30. The average molecular weight is 135 g/mol. The molecule has 4 heteroatoms. The SMILES string of the molecule is CN(C)C(O)(CO)CO. The Morgan fingerprint density at radius 3 is 1.56 bits per heavy atom. The number of likely N-dealkylation sites (N-methyl/N-ethyl adjacent to an activating group) is 1. The van der Waals surface area contributed by atoms with Gasteiger partial charge in [-0.25, -0.2) is 0 Å². The second-order valence-corrected chi connectivity index (χ2v) is 2.19. The van der Waals surface area contributed by atoms with E-state index in [2.05, 4.69) is 0 Å². The molecule has 0 bridgehead atoms. The van der Waals surface area contributed by atoms with Crippen molar-refractivity contribution in [2.75, 3.05) is 27.3 Å². The lowest BCUT2D eigenvalue weighted by Crippen LogP contribution is -2.50. The van der Waals surface area contributed by atoms with E-state index in [4.69, 9.17) is 15.3 Å². The van der Waals surface area contributed by atoms with Gasteiger partial charge in [0.15, 0.2) is 5.72 Å². The molecule has 0 aliphatic heterocycles. The molecule has 0 amide bonds. The highest BCUT2D eigenvalue weighted by Gasteiger charge is 2.26. The summed E-state index contributed by atoms with van der Waals surface area (Å²) >= 11 is 0. The molecule has 0 aliphatic carbocycles. The molecule has 0 heterocycles. The molecule has 0 aromatic rings. The van der Waals surface area contributed by atoms with E-state index in [-0.39, 0.29) is 0 Å². The summed E-state index contributed by atoms with van der Waals surface area (Å²) < 4.78 is 0. The van der Waals surface area contributed by atoms with Crippen molar-refractivity contribution >= 4 is 0 Å². The van der Waals surface area contributed by atoms with Gasteiger partial charge >= 0.3 is 0 Å². The number of hydrogen-bond acceptors (Lipinski definition) is 4. The van der Waals surface area contributed by atoms with Crippen molar-refractivity contribution < 1.29 is 15.3 Å². The van der Waals surface area contributed by atoms with Crippen LogP contribution in [0.1, 0.15) is 0 Å². The fourth-order valence-corrected chi connectivity index (χ4v) is 0.333. The fourth-order valence-electron chi connectivity index (χ4n) is 0.333. The van der Waals surface area contributed by atoms with Crippen LogP contribution in [0.2, 0.25) is 0 Å². The number of aliphatic hydroxyl groups is 3. The van der Waals surface area contributed by atoms with Gasteiger partial charge in [0, 0.05) is 0 Å². The first-order valence-electron chi connectivity index (χ1n) is 2.68. The standard InChI is InChI=1S/C5H13NO3/c1-6(2)5(9,3-7)4-8/h7-9H,3-4H2,1-2H3. The summed E-state index contributed by atoms with van der Waals surface area (Å²) in [6.07, 6.45) is 0. The van der Waals surface area contributed by atoms with E-state index in [0.717, 1.165) is 0 Å². The summed E-state index contributed by atoms with van der Waals surface area (Å²) in [5.74, 6) is 0. The number of rotatable bonds is 3. The van der Waals surface area contributed by atoms with Crippen LogP contribution in [0.25, 0.3) is 0 Å². The minimum absolute atomic E-state index is 0.462. The van der Waals surface area contributed by atoms with Gasteiger partial charge in [-0.2, -0.15) is 0 Å². The zero-order valence-electron chi connectivity index (χ0n) is 5.70. The fraction of sp³-hybridized carbons (Fsp3) is 1.00. The third kappa shape index (κ3) is 1.91. The predicted molar refractivity (Wildman–Crippen MR) is 32.8 cm³/mol. The van der Waals surface area contributed by atoms with E-state index in [1.54, 1.807) is 14.1 Å². The van der Waals surface area contributed by atoms with Crippen LogP contribution >= 0.6 is 0 Å². The lowest BCUT2D eigenvalue weighted by atomic mass is 10.2. The molecular weight excluding hydrogens is 122 g/mol. The Kier molecular flexibility index (Phi) is 3.07. The highest BCUT2D eigenvalue weighted by Crippen LogP contribution is 2.03. The Balaban J connectivity index is 3.92. The minimum Gasteiger partial charge on any atom is -0.392 e. The van der Waals surface area contributed by atoms with E-state index in [1.807, 2.05) is 0 Å². The number of hydrogen-bond donors (Lipinski definition) is 3. The smallest absolute Gasteiger partial charge is 0.164 e. The average Bonchev–Trinajstić information content (AvgIpc) is 1.86. The first-order valence-corrected chi connectivity index (χ1v) is 2.68. The molecule has 0 aliphatic rings. The number of aliphatic hydroxyl groups excluding tert-OH is 2. The van der Waals surface area contributed by atoms with Gasteiger partial charge in [0.05, 0.1) is 13.2 Å². The van der Waals surface area contributed by atoms with Gasteiger partial charge in [-0.1, -0.05) is 0 Å². The van der Waals surface area contributed by atoms with E-state index >= 15 is 0 Å². The minimum atomic E-state index is -1.47. The van der Waals surface area contributed by atoms with E-state index in [1.165, 1.54) is 4.90 Å². The maximum Gasteiger partial charge on any atom is 0.164 e. The summed E-state index contributed by atoms with van der Waals surface area (Å²) in [4.78, 5) is 1.35. The van der Waals surface area contributed by atoms with E-state index in [9.17, 15) is 0 Å². The van der Waals surface area contributed by atoms with Crippen molar-refractivity contribution in [2.24, 2.45) is 0 Å². The Morgan fingerprint density at radius 2 is 1.56 bits per heavy atom. The van der Waals surface area contributed by atoms with Crippen molar-refractivity contribution in [2.45, 2.75) is 5.72 Å². The highest BCUT2D eigenvalue weighted by molar-refractivity contribution is 4.71. The molecule has 56 valence electrons. The van der Waals surface area contributed by atoms with Gasteiger partial charge in [0.25, 0.3) is 0 Å². The molecule has 3 N–H and O–H groups in total. The van der Waals surface area contributed by atoms with Gasteiger partial charge < -0.3 is 15.3 Å². The first kappa shape index (κ1) is 8.84. The Morgan fingerprint density at radius 1 is 1.22 bits per heavy atom. The summed E-state index contributed by atoms with van der Waals surface area (Å²) in [5.41, 5.74) is -1.47. The Labute approximate surface area is 54.3 Å². The molecule has 0 radical (unpaired) electrons. The first-order chi connectivity index (χ1) is 4.06. The summed E-state index contributed by atoms with van der Waals surface area (Å²) in [6.45, 7) is -0.924. The van der Waals surface area contributed by atoms with Gasteiger partial charge in [-0.05, 0) is 14.1 Å². The Hall–Kier alpha value is -0.160. The van der Waals surface area contributed by atoms with Crippen molar-refractivity contribution in [3.8, 4) is 0 Å². The largest absolute Gasteiger partial charge is 0.392 e. The van der Waals surface area contributed by atoms with Crippen LogP contribution in [-0.4, -0.2) is 53.3 Å². The van der Waals surface area contributed by atoms with Crippen molar-refractivity contribution in [3.63, 3.8) is 0 Å². The normalized spacial score (nSPS) is 12.7. The van der Waals surface area contributed by atoms with Gasteiger partial charge in [-0.15, -0.1) is 0 Å². The van der Waals surface area contributed by atoms with Gasteiger partial charge in [0.2, 0.25) is 0 Å². The molecule has 0 aromatic carbocycles. The monoisotopic (exact) mass is 135 g/mol. The summed E-state index contributed by atoms with van der Waals surface area (Å²) in [5, 5.41) is 26.1. The molecule has 0 fully saturated rings. The zero-order chi connectivity index (χ0) is 7.49. The molecule has 0 saturated carbocycles. The highest BCUT2D eigenvalue weighted by atomic mass is 16.4. The molecule has 0 spiro atoms. The summed E-state index contributed by atoms with van der Waals surface area (Å²) in [7, 11) is 3.15. The van der Waals surface area contributed by atoms with E-state index in [0.29, 0.717) is 0 Å². The predicted octanol–water partition coefficient (Wildman–Crippen LogP) is -1.78. The topological polar surface area (TPSA) is 63.9 Å². The third-order valence-electron chi connectivity index (χ3n) is 1.34. The maximum atomic E-state index is 9.13. The van der Waals surface area contributed by atoms with E-state index < -0.39 is 18.9 Å². The van der Waals surface area contributed by atoms with Gasteiger partial charge in [-0.3, -0.25) is 4.90 Å². The second kappa shape index (κ2) is 3.12. The molecule has 0 aromatic heterocycles. The molecule has 0 unspecified atom stereocenters. The molecule has 0 rings (SSSR count). The van der Waals surface area contributed by atoms with Crippen molar-refractivity contribution in [1.29, 1.82) is 0 Å². The second-order valence-electron chi connectivity index (χ2n) is 2.19. The lowest BCUT2D eigenvalue weighted by molar-refractivity contribution is -0.144. The molecule has 0 saturated heterocycles. The van der Waals surface area contributed by atoms with Crippen LogP contribution in [0, 0.1) is 0 Å². The van der Waals surface area contributed by atoms with Crippen LogP contribution in [0.5, 0.6) is 0 Å². The maximum absolute atomic E-state index is 9.13. The molecule has 0 atom stereocenters. The van der Waals surface area contributed by atoms with Crippen molar-refractivity contribution in [1.82, 2.24) is 4.90 Å². The quantitative estimate of drug-likeness (QED) is 0.400. The van der Waals surface area contributed by atoms with Crippen LogP contribution < -0.4 is 0 Å². The van der Waals surface area contributed by atoms with Crippen LogP contribution in [-0.2, 0) is 0 Å². The van der Waals surface area contributed by atoms with Gasteiger partial charge in [0.1, 0.15) is 0 Å². The number of nitrogens with zero attached hydrogens (tertiary/aromatic N) is 1.